The lowest BCUT2D eigenvalue weighted by Gasteiger charge is -2.24. The first-order valence-electron chi connectivity index (χ1n) is 11.6. The number of hydrogen-bond donors (Lipinski definition) is 0. The summed E-state index contributed by atoms with van der Waals surface area (Å²) in [6.45, 7) is 5.72. The maximum Gasteiger partial charge on any atom is 0.338 e. The molecule has 188 valence electrons. The number of hydrogen-bond acceptors (Lipinski definition) is 6. The van der Waals surface area contributed by atoms with E-state index in [1.165, 1.54) is 11.3 Å². The lowest BCUT2D eigenvalue weighted by Crippen LogP contribution is -2.39. The lowest BCUT2D eigenvalue weighted by atomic mass is 9.95. The van der Waals surface area contributed by atoms with E-state index >= 15 is 0 Å². The van der Waals surface area contributed by atoms with E-state index in [0.29, 0.717) is 47.7 Å². The fraction of sp³-hybridized carbons (Fsp3) is 0.179. The maximum atomic E-state index is 13.7. The Morgan fingerprint density at radius 2 is 1.89 bits per heavy atom. The molecule has 0 saturated heterocycles. The predicted molar refractivity (Wildman–Crippen MR) is 146 cm³/mol. The van der Waals surface area contributed by atoms with Crippen molar-refractivity contribution in [2.75, 3.05) is 6.61 Å². The summed E-state index contributed by atoms with van der Waals surface area (Å²) in [5.74, 6) is 0.553. The quantitative estimate of drug-likeness (QED) is 0.299. The Hall–Kier alpha value is -3.39. The van der Waals surface area contributed by atoms with Crippen LogP contribution in [0.1, 0.15) is 36.8 Å². The number of esters is 1. The van der Waals surface area contributed by atoms with E-state index in [0.717, 1.165) is 11.1 Å². The first kappa shape index (κ1) is 25.3. The van der Waals surface area contributed by atoms with Crippen LogP contribution in [0.3, 0.4) is 0 Å². The molecule has 2 aromatic heterocycles. The van der Waals surface area contributed by atoms with Crippen molar-refractivity contribution in [3.05, 3.63) is 112 Å². The largest absolute Gasteiger partial charge is 0.463 e. The summed E-state index contributed by atoms with van der Waals surface area (Å²) < 4.78 is 13.3. The molecule has 0 radical (unpaired) electrons. The van der Waals surface area contributed by atoms with Gasteiger partial charge in [-0.2, -0.15) is 0 Å². The molecule has 1 atom stereocenters. The van der Waals surface area contributed by atoms with Gasteiger partial charge in [0.2, 0.25) is 0 Å². The molecule has 2 aromatic carbocycles. The highest BCUT2D eigenvalue weighted by atomic mass is 35.5. The van der Waals surface area contributed by atoms with Crippen molar-refractivity contribution in [3.63, 3.8) is 0 Å². The SMILES string of the molecule is CCOC(=O)C1=C(C)N=c2s/c(=C\c3ccc(-c4ccc(Cl)cc4Cl)o3)c(=O)n2C1c1ccc(C)cc1. The van der Waals surface area contributed by atoms with Crippen LogP contribution >= 0.6 is 34.5 Å². The zero-order valence-electron chi connectivity index (χ0n) is 20.2. The van der Waals surface area contributed by atoms with Crippen LogP contribution in [0, 0.1) is 6.92 Å². The molecule has 3 heterocycles. The van der Waals surface area contributed by atoms with Gasteiger partial charge < -0.3 is 9.15 Å². The third kappa shape index (κ3) is 4.82. The second kappa shape index (κ2) is 10.2. The standard InChI is InChI=1S/C28H22Cl2N2O4S/c1-4-35-27(34)24-16(3)31-28-32(25(24)17-7-5-15(2)6-8-17)26(33)23(37-28)14-19-10-12-22(36-19)20-11-9-18(29)13-21(20)30/h5-14,25H,4H2,1-3H3/b23-14-. The van der Waals surface area contributed by atoms with Crippen molar-refractivity contribution >= 4 is 46.6 Å². The van der Waals surface area contributed by atoms with Crippen LogP contribution in [0.25, 0.3) is 17.4 Å². The van der Waals surface area contributed by atoms with Crippen LogP contribution in [-0.2, 0) is 9.53 Å². The Kier molecular flexibility index (Phi) is 6.94. The number of aryl methyl sites for hydroxylation is 1. The van der Waals surface area contributed by atoms with Crippen molar-refractivity contribution in [1.29, 1.82) is 0 Å². The molecule has 9 heteroatoms. The molecule has 4 aromatic rings. The van der Waals surface area contributed by atoms with E-state index in [1.807, 2.05) is 31.2 Å². The molecule has 0 spiro atoms. The molecule has 0 saturated carbocycles. The molecule has 37 heavy (non-hydrogen) atoms. The van der Waals surface area contributed by atoms with Crippen molar-refractivity contribution < 1.29 is 13.9 Å². The zero-order chi connectivity index (χ0) is 26.3. The van der Waals surface area contributed by atoms with Gasteiger partial charge in [0.25, 0.3) is 5.56 Å². The van der Waals surface area contributed by atoms with Gasteiger partial charge in [-0.1, -0.05) is 64.4 Å². The van der Waals surface area contributed by atoms with E-state index in [4.69, 9.17) is 32.4 Å². The van der Waals surface area contributed by atoms with Gasteiger partial charge in [0.05, 0.1) is 33.5 Å². The Morgan fingerprint density at radius 3 is 2.59 bits per heavy atom. The molecule has 0 amide bonds. The molecule has 0 fully saturated rings. The number of allylic oxidation sites excluding steroid dienone is 1. The number of carbonyl (C=O) groups is 1. The van der Waals surface area contributed by atoms with E-state index < -0.39 is 12.0 Å². The van der Waals surface area contributed by atoms with E-state index in [-0.39, 0.29) is 12.2 Å². The summed E-state index contributed by atoms with van der Waals surface area (Å²) in [5.41, 5.74) is 3.17. The highest BCUT2D eigenvalue weighted by molar-refractivity contribution is 7.07. The second-order valence-corrected chi connectivity index (χ2v) is 10.4. The first-order valence-corrected chi connectivity index (χ1v) is 13.2. The van der Waals surface area contributed by atoms with Crippen molar-refractivity contribution in [2.45, 2.75) is 26.8 Å². The average Bonchev–Trinajstić information content (AvgIpc) is 3.43. The topological polar surface area (TPSA) is 73.8 Å². The number of nitrogens with zero attached hydrogens (tertiary/aromatic N) is 2. The van der Waals surface area contributed by atoms with Gasteiger partial charge >= 0.3 is 5.97 Å². The number of carbonyl (C=O) groups excluding carboxylic acids is 1. The molecule has 0 aliphatic carbocycles. The van der Waals surface area contributed by atoms with Gasteiger partial charge in [0.1, 0.15) is 11.5 Å². The van der Waals surface area contributed by atoms with Gasteiger partial charge in [-0.05, 0) is 56.7 Å². The molecule has 0 N–H and O–H groups in total. The molecule has 5 rings (SSSR count). The molecular weight excluding hydrogens is 531 g/mol. The average molecular weight is 553 g/mol. The van der Waals surface area contributed by atoms with Gasteiger partial charge in [0.15, 0.2) is 4.80 Å². The third-order valence-electron chi connectivity index (χ3n) is 6.01. The summed E-state index contributed by atoms with van der Waals surface area (Å²) in [6.07, 6.45) is 1.67. The normalized spacial score (nSPS) is 15.5. The van der Waals surface area contributed by atoms with Crippen LogP contribution in [0.4, 0.5) is 0 Å². The second-order valence-electron chi connectivity index (χ2n) is 8.54. The van der Waals surface area contributed by atoms with Crippen LogP contribution in [0.15, 0.2) is 80.1 Å². The minimum atomic E-state index is -0.655. The molecular formula is C28H22Cl2N2O4S. The minimum Gasteiger partial charge on any atom is -0.463 e. The van der Waals surface area contributed by atoms with Crippen molar-refractivity contribution in [1.82, 2.24) is 4.57 Å². The smallest absolute Gasteiger partial charge is 0.338 e. The monoisotopic (exact) mass is 552 g/mol. The number of furan rings is 1. The zero-order valence-corrected chi connectivity index (χ0v) is 22.6. The van der Waals surface area contributed by atoms with Crippen LogP contribution in [0.2, 0.25) is 10.0 Å². The summed E-state index contributed by atoms with van der Waals surface area (Å²) >= 11 is 13.6. The molecule has 1 aliphatic rings. The van der Waals surface area contributed by atoms with Crippen molar-refractivity contribution in [2.24, 2.45) is 4.99 Å². The Balaban J connectivity index is 1.63. The van der Waals surface area contributed by atoms with Crippen LogP contribution < -0.4 is 14.9 Å². The van der Waals surface area contributed by atoms with Gasteiger partial charge in [-0.3, -0.25) is 9.36 Å². The summed E-state index contributed by atoms with van der Waals surface area (Å²) in [5, 5.41) is 0.995. The fourth-order valence-electron chi connectivity index (χ4n) is 4.25. The van der Waals surface area contributed by atoms with E-state index in [2.05, 4.69) is 4.99 Å². The summed E-state index contributed by atoms with van der Waals surface area (Å²) in [6, 6.07) is 15.8. The highest BCUT2D eigenvalue weighted by Crippen LogP contribution is 2.32. The number of thiazole rings is 1. The number of fused-ring (bicyclic) bond motifs is 1. The first-order chi connectivity index (χ1) is 17.8. The number of halogens is 2. The number of rotatable bonds is 5. The number of benzene rings is 2. The van der Waals surface area contributed by atoms with Crippen molar-refractivity contribution in [3.8, 4) is 11.3 Å². The molecule has 1 aliphatic heterocycles. The number of ether oxygens (including phenoxy) is 1. The summed E-state index contributed by atoms with van der Waals surface area (Å²) in [7, 11) is 0. The number of aromatic nitrogens is 1. The molecule has 1 unspecified atom stereocenters. The fourth-order valence-corrected chi connectivity index (χ4v) is 5.78. The van der Waals surface area contributed by atoms with Gasteiger partial charge in [-0.25, -0.2) is 9.79 Å². The highest BCUT2D eigenvalue weighted by Gasteiger charge is 2.33. The minimum absolute atomic E-state index is 0.221. The van der Waals surface area contributed by atoms with Crippen LogP contribution in [-0.4, -0.2) is 17.1 Å². The molecule has 0 bridgehead atoms. The summed E-state index contributed by atoms with van der Waals surface area (Å²) in [4.78, 5) is 31.8. The van der Waals surface area contributed by atoms with E-state index in [9.17, 15) is 9.59 Å². The van der Waals surface area contributed by atoms with Crippen LogP contribution in [0.5, 0.6) is 0 Å². The van der Waals surface area contributed by atoms with Gasteiger partial charge in [-0.15, -0.1) is 0 Å². The van der Waals surface area contributed by atoms with Gasteiger partial charge in [0, 0.05) is 16.7 Å². The Bertz CT molecular complexity index is 1730. The molecule has 6 nitrogen and oxygen atoms in total. The maximum absolute atomic E-state index is 13.7. The van der Waals surface area contributed by atoms with E-state index in [1.54, 1.807) is 54.8 Å². The predicted octanol–water partition coefficient (Wildman–Crippen LogP) is 5.67. The Labute approximate surface area is 226 Å². The third-order valence-corrected chi connectivity index (χ3v) is 7.54. The Morgan fingerprint density at radius 1 is 1.14 bits per heavy atom. The lowest BCUT2D eigenvalue weighted by molar-refractivity contribution is -0.139.